The molecule has 0 heterocycles. The van der Waals surface area contributed by atoms with E-state index in [4.69, 9.17) is 22.9 Å². The Morgan fingerprint density at radius 1 is 0.500 bits per heavy atom. The Kier molecular flexibility index (Phi) is 31.8. The smallest absolute Gasteiger partial charge is 0.326 e. The van der Waals surface area contributed by atoms with Crippen LogP contribution < -0.4 is 70.8 Å². The second kappa shape index (κ2) is 37.2. The van der Waals surface area contributed by atoms with E-state index < -0.39 is 127 Å². The number of phenolic OH excluding ortho intramolecular Hbond substituents is 1. The lowest BCUT2D eigenvalue weighted by Crippen LogP contribution is -2.59. The molecule has 0 bridgehead atoms. The van der Waals surface area contributed by atoms with Crippen LogP contribution in [0.15, 0.2) is 59.6 Å². The number of aliphatic imine (C=N–C) groups is 1. The Hall–Kier alpha value is -7.91. The van der Waals surface area contributed by atoms with E-state index in [1.807, 2.05) is 13.8 Å². The van der Waals surface area contributed by atoms with Crippen LogP contribution in [0.1, 0.15) is 104 Å². The highest BCUT2D eigenvalue weighted by atomic mass is 16.4. The van der Waals surface area contributed by atoms with Gasteiger partial charge in [-0.2, -0.15) is 0 Å². The second-order valence-corrected chi connectivity index (χ2v) is 21.3. The van der Waals surface area contributed by atoms with Gasteiger partial charge in [0, 0.05) is 13.0 Å². The first kappa shape index (κ1) is 70.2. The number of aliphatic carboxylic acids is 1. The van der Waals surface area contributed by atoms with Crippen LogP contribution in [-0.4, -0.2) is 162 Å². The monoisotopic (exact) mass is 1150 g/mol. The van der Waals surface area contributed by atoms with Crippen molar-refractivity contribution in [2.45, 2.75) is 154 Å². The number of aliphatic hydroxyl groups is 1. The number of phenols is 1. The van der Waals surface area contributed by atoms with Gasteiger partial charge in [0.25, 0.3) is 0 Å². The fraction of sp³-hybridized carbons (Fsp3) is 0.582. The summed E-state index contributed by atoms with van der Waals surface area (Å²) in [6, 6.07) is 4.40. The molecule has 8 atom stereocenters. The number of nitrogens with one attached hydrogen (secondary N) is 9. The van der Waals surface area contributed by atoms with E-state index in [2.05, 4.69) is 52.8 Å². The molecule has 27 heteroatoms. The fourth-order valence-electron chi connectivity index (χ4n) is 8.30. The fourth-order valence-corrected chi connectivity index (χ4v) is 8.30. The van der Waals surface area contributed by atoms with Gasteiger partial charge in [-0.25, -0.2) is 4.79 Å². The van der Waals surface area contributed by atoms with E-state index in [1.165, 1.54) is 12.1 Å². The minimum Gasteiger partial charge on any atom is -0.508 e. The molecule has 0 aromatic heterocycles. The van der Waals surface area contributed by atoms with Crippen molar-refractivity contribution in [3.05, 3.63) is 65.7 Å². The quantitative estimate of drug-likeness (QED) is 0.0188. The normalized spacial score (nSPS) is 14.0. The molecule has 0 saturated heterocycles. The summed E-state index contributed by atoms with van der Waals surface area (Å²) in [5, 5.41) is 52.4. The maximum Gasteiger partial charge on any atom is 0.326 e. The van der Waals surface area contributed by atoms with Crippen molar-refractivity contribution in [1.82, 2.24) is 47.9 Å². The number of guanidine groups is 1. The first-order valence-corrected chi connectivity index (χ1v) is 27.6. The zero-order valence-corrected chi connectivity index (χ0v) is 47.8. The van der Waals surface area contributed by atoms with Gasteiger partial charge in [-0.05, 0) is 105 Å². The molecule has 0 unspecified atom stereocenters. The standard InChI is InChI=1S/C55H88N14O13/c1-31(2)23-40(49(76)62-28-45(72)63-39(54(81)82)16-12-22-60-55(58)59)66-51(78)42(25-33(5)6)67-50(77)41(24-32(3)4)64-46(73)29-61-48(75)38(15-10-11-21-56)65-52(79)43(27-34-13-8-7-9-14-34)68-53(80)44(30-70)69-47(74)37(57)26-35-17-19-36(71)20-18-35/h7-9,13-14,17-20,31-33,37-44,70-71H,10-12,15-16,21-30,56-57H2,1-6H3,(H,61,75)(H,62,76)(H,63,72)(H,64,73)(H,65,79)(H,66,78)(H,67,77)(H,68,80)(H,69,74)(H,81,82)(H4,58,59,60)/t37-,38-,39-,40-,41-,42-,43-,44-/m0/s1. The van der Waals surface area contributed by atoms with Crippen LogP contribution in [0.5, 0.6) is 5.75 Å². The summed E-state index contributed by atoms with van der Waals surface area (Å²) in [5.41, 5.74) is 23.7. The van der Waals surface area contributed by atoms with Crippen molar-refractivity contribution in [3.63, 3.8) is 0 Å². The molecule has 9 amide bonds. The summed E-state index contributed by atoms with van der Waals surface area (Å²) < 4.78 is 0. The van der Waals surface area contributed by atoms with Crippen LogP contribution >= 0.6 is 0 Å². The topological polar surface area (TPSA) is 456 Å². The molecular formula is C55H88N14O13. The van der Waals surface area contributed by atoms with E-state index in [-0.39, 0.29) is 93.9 Å². The van der Waals surface area contributed by atoms with E-state index in [9.17, 15) is 63.3 Å². The highest BCUT2D eigenvalue weighted by Crippen LogP contribution is 2.14. The van der Waals surface area contributed by atoms with Crippen molar-refractivity contribution in [3.8, 4) is 5.75 Å². The minimum absolute atomic E-state index is 0.00237. The van der Waals surface area contributed by atoms with Crippen LogP contribution in [0.4, 0.5) is 0 Å². The van der Waals surface area contributed by atoms with E-state index in [0.717, 1.165) is 0 Å². The molecule has 20 N–H and O–H groups in total. The zero-order chi connectivity index (χ0) is 61.5. The zero-order valence-electron chi connectivity index (χ0n) is 47.8. The number of carboxylic acids is 1. The Labute approximate surface area is 478 Å². The molecule has 82 heavy (non-hydrogen) atoms. The third kappa shape index (κ3) is 28.0. The molecule has 0 aliphatic rings. The Balaban J connectivity index is 2.22. The summed E-state index contributed by atoms with van der Waals surface area (Å²) in [6.45, 7) is 9.11. The van der Waals surface area contributed by atoms with Crippen molar-refractivity contribution in [2.75, 3.05) is 32.8 Å². The Bertz CT molecular complexity index is 2420. The SMILES string of the molecule is CC(C)C[C@H](NC(=O)CNC(=O)[C@H](CCCCN)NC(=O)[C@H](Cc1ccccc1)NC(=O)[C@H](CO)NC(=O)[C@@H](N)Cc1ccc(O)cc1)C(=O)N[C@@H](CC(C)C)C(=O)N[C@@H](CC(C)C)C(=O)NCC(=O)N[C@@H](CCCN=C(N)N)C(=O)O. The van der Waals surface area contributed by atoms with E-state index in [0.29, 0.717) is 24.0 Å². The van der Waals surface area contributed by atoms with Gasteiger partial charge < -0.3 is 86.1 Å². The van der Waals surface area contributed by atoms with Crippen LogP contribution in [0.25, 0.3) is 0 Å². The van der Waals surface area contributed by atoms with Crippen LogP contribution in [-0.2, 0) is 60.8 Å². The molecule has 0 aliphatic heterocycles. The van der Waals surface area contributed by atoms with Crippen molar-refractivity contribution in [2.24, 2.45) is 45.7 Å². The highest BCUT2D eigenvalue weighted by molar-refractivity contribution is 5.97. The number of nitrogens with two attached hydrogens (primary N) is 4. The minimum atomic E-state index is -1.54. The lowest BCUT2D eigenvalue weighted by atomic mass is 9.98. The number of aromatic hydroxyl groups is 1. The maximum absolute atomic E-state index is 14.1. The third-order valence-electron chi connectivity index (χ3n) is 12.5. The number of carbonyl (C=O) groups excluding carboxylic acids is 9. The average Bonchev–Trinajstić information content (AvgIpc) is 3.43. The highest BCUT2D eigenvalue weighted by Gasteiger charge is 2.34. The summed E-state index contributed by atoms with van der Waals surface area (Å²) in [7, 11) is 0. The third-order valence-corrected chi connectivity index (χ3v) is 12.5. The van der Waals surface area contributed by atoms with Gasteiger partial charge in [-0.3, -0.25) is 48.1 Å². The molecule has 2 rings (SSSR count). The molecule has 2 aromatic rings. The molecule has 27 nitrogen and oxygen atoms in total. The Morgan fingerprint density at radius 2 is 0.927 bits per heavy atom. The van der Waals surface area contributed by atoms with Gasteiger partial charge in [0.05, 0.1) is 25.7 Å². The number of aliphatic hydroxyl groups excluding tert-OH is 1. The lowest BCUT2D eigenvalue weighted by Gasteiger charge is -2.27. The largest absolute Gasteiger partial charge is 0.508 e. The predicted molar refractivity (Wildman–Crippen MR) is 305 cm³/mol. The molecule has 0 fully saturated rings. The summed E-state index contributed by atoms with van der Waals surface area (Å²) in [6.07, 6.45) is 1.41. The lowest BCUT2D eigenvalue weighted by molar-refractivity contribution is -0.142. The average molecular weight is 1150 g/mol. The van der Waals surface area contributed by atoms with Gasteiger partial charge in [-0.15, -0.1) is 0 Å². The Morgan fingerprint density at radius 3 is 1.43 bits per heavy atom. The first-order chi connectivity index (χ1) is 38.7. The van der Waals surface area contributed by atoms with Crippen LogP contribution in [0.2, 0.25) is 0 Å². The summed E-state index contributed by atoms with van der Waals surface area (Å²) in [4.78, 5) is 138. The number of hydrogen-bond donors (Lipinski definition) is 16. The van der Waals surface area contributed by atoms with Gasteiger partial charge in [-0.1, -0.05) is 84.0 Å². The molecule has 456 valence electrons. The van der Waals surface area contributed by atoms with Gasteiger partial charge in [0.2, 0.25) is 53.2 Å². The summed E-state index contributed by atoms with van der Waals surface area (Å²) >= 11 is 0. The van der Waals surface area contributed by atoms with Crippen molar-refractivity contribution < 1.29 is 63.3 Å². The number of amides is 9. The maximum atomic E-state index is 14.1. The number of nitrogens with zero attached hydrogens (tertiary/aromatic N) is 1. The number of carboxylic acid groups (broad SMARTS) is 1. The first-order valence-electron chi connectivity index (χ1n) is 27.6. The molecular weight excluding hydrogens is 1060 g/mol. The summed E-state index contributed by atoms with van der Waals surface area (Å²) in [5.74, 6) is -9.01. The molecule has 0 saturated carbocycles. The number of rotatable bonds is 38. The van der Waals surface area contributed by atoms with Gasteiger partial charge in [0.15, 0.2) is 5.96 Å². The molecule has 0 spiro atoms. The van der Waals surface area contributed by atoms with Crippen molar-refractivity contribution in [1.29, 1.82) is 0 Å². The molecule has 0 aliphatic carbocycles. The number of carbonyl (C=O) groups is 10. The molecule has 2 aromatic carbocycles. The van der Waals surface area contributed by atoms with Crippen molar-refractivity contribution >= 4 is 65.1 Å². The number of hydrogen-bond acceptors (Lipinski definition) is 15. The van der Waals surface area contributed by atoms with E-state index in [1.54, 1.807) is 70.2 Å². The second-order valence-electron chi connectivity index (χ2n) is 21.3. The predicted octanol–water partition coefficient (Wildman–Crippen LogP) is -2.47. The number of unbranched alkanes of at least 4 members (excludes halogenated alkanes) is 1. The molecule has 0 radical (unpaired) electrons. The number of benzene rings is 2. The van der Waals surface area contributed by atoms with Gasteiger partial charge >= 0.3 is 5.97 Å². The van der Waals surface area contributed by atoms with Crippen LogP contribution in [0.3, 0.4) is 0 Å². The van der Waals surface area contributed by atoms with Gasteiger partial charge in [0.1, 0.15) is 48.0 Å². The van der Waals surface area contributed by atoms with Crippen LogP contribution in [0, 0.1) is 17.8 Å². The van der Waals surface area contributed by atoms with E-state index >= 15 is 0 Å².